The molecule has 0 spiro atoms. The minimum Gasteiger partial charge on any atom is -0.359 e. The average molecular weight is 372 g/mol. The standard InChI is InChI=1S/C18H11Cl2N3S/c19-14-7-4-8-15(17(14)20)22-10-13(9-21)18-23-16(11-24-18)12-5-2-1-3-6-12/h1-8,10-11,22H/b13-10+. The van der Waals surface area contributed by atoms with Crippen LogP contribution in [0.5, 0.6) is 0 Å². The van der Waals surface area contributed by atoms with Crippen molar-refractivity contribution in [3.63, 3.8) is 0 Å². The smallest absolute Gasteiger partial charge is 0.136 e. The molecule has 0 unspecified atom stereocenters. The van der Waals surface area contributed by atoms with E-state index in [0.29, 0.717) is 26.3 Å². The molecule has 1 heterocycles. The summed E-state index contributed by atoms with van der Waals surface area (Å²) in [5.74, 6) is 0. The third-order valence-corrected chi connectivity index (χ3v) is 4.94. The van der Waals surface area contributed by atoms with Gasteiger partial charge in [0.25, 0.3) is 0 Å². The first-order valence-corrected chi connectivity index (χ1v) is 8.64. The predicted molar refractivity (Wildman–Crippen MR) is 101 cm³/mol. The van der Waals surface area contributed by atoms with Gasteiger partial charge in [0.1, 0.15) is 16.6 Å². The number of rotatable bonds is 4. The Morgan fingerprint density at radius 1 is 1.12 bits per heavy atom. The fourth-order valence-electron chi connectivity index (χ4n) is 2.05. The van der Waals surface area contributed by atoms with Crippen molar-refractivity contribution in [3.05, 3.63) is 75.2 Å². The van der Waals surface area contributed by atoms with Crippen LogP contribution in [0.15, 0.2) is 60.1 Å². The molecule has 1 aromatic heterocycles. The summed E-state index contributed by atoms with van der Waals surface area (Å²) in [7, 11) is 0. The first-order chi connectivity index (χ1) is 11.7. The first-order valence-electron chi connectivity index (χ1n) is 7.01. The lowest BCUT2D eigenvalue weighted by Gasteiger charge is -2.05. The largest absolute Gasteiger partial charge is 0.359 e. The van der Waals surface area contributed by atoms with Crippen molar-refractivity contribution in [2.75, 3.05) is 5.32 Å². The fraction of sp³-hybridized carbons (Fsp3) is 0. The van der Waals surface area contributed by atoms with E-state index in [0.717, 1.165) is 11.3 Å². The Labute approximate surface area is 153 Å². The third kappa shape index (κ3) is 3.60. The number of nitrogens with one attached hydrogen (secondary N) is 1. The number of aromatic nitrogens is 1. The molecule has 3 rings (SSSR count). The van der Waals surface area contributed by atoms with E-state index >= 15 is 0 Å². The molecule has 0 bridgehead atoms. The maximum absolute atomic E-state index is 9.41. The van der Waals surface area contributed by atoms with Gasteiger partial charge in [0.15, 0.2) is 0 Å². The molecule has 0 atom stereocenters. The monoisotopic (exact) mass is 371 g/mol. The summed E-state index contributed by atoms with van der Waals surface area (Å²) in [6, 6.07) is 17.3. The topological polar surface area (TPSA) is 48.7 Å². The van der Waals surface area contributed by atoms with Gasteiger partial charge in [-0.3, -0.25) is 0 Å². The van der Waals surface area contributed by atoms with E-state index in [4.69, 9.17) is 23.2 Å². The molecule has 3 nitrogen and oxygen atoms in total. The molecular formula is C18H11Cl2N3S. The van der Waals surface area contributed by atoms with Gasteiger partial charge in [-0.25, -0.2) is 4.98 Å². The van der Waals surface area contributed by atoms with Crippen molar-refractivity contribution < 1.29 is 0 Å². The Hall–Kier alpha value is -2.32. The number of hydrogen-bond donors (Lipinski definition) is 1. The summed E-state index contributed by atoms with van der Waals surface area (Å²) in [6.07, 6.45) is 1.59. The van der Waals surface area contributed by atoms with Crippen LogP contribution in [0, 0.1) is 11.3 Å². The summed E-state index contributed by atoms with van der Waals surface area (Å²) in [6.45, 7) is 0. The molecule has 0 aliphatic heterocycles. The summed E-state index contributed by atoms with van der Waals surface area (Å²) in [5.41, 5.74) is 2.93. The molecular weight excluding hydrogens is 361 g/mol. The van der Waals surface area contributed by atoms with Gasteiger partial charge in [-0.05, 0) is 12.1 Å². The summed E-state index contributed by atoms with van der Waals surface area (Å²) in [5, 5.41) is 15.9. The van der Waals surface area contributed by atoms with Gasteiger partial charge in [-0.15, -0.1) is 11.3 Å². The molecule has 0 fully saturated rings. The normalized spacial score (nSPS) is 11.1. The first kappa shape index (κ1) is 16.5. The third-order valence-electron chi connectivity index (χ3n) is 3.25. The molecule has 2 aromatic carbocycles. The Kier molecular flexibility index (Phi) is 5.17. The molecule has 118 valence electrons. The van der Waals surface area contributed by atoms with E-state index in [1.807, 2.05) is 35.7 Å². The van der Waals surface area contributed by atoms with Crippen molar-refractivity contribution in [1.29, 1.82) is 5.26 Å². The second-order valence-electron chi connectivity index (χ2n) is 4.82. The molecule has 0 saturated heterocycles. The van der Waals surface area contributed by atoms with Crippen molar-refractivity contribution in [2.24, 2.45) is 0 Å². The predicted octanol–water partition coefficient (Wildman–Crippen LogP) is 6.09. The average Bonchev–Trinajstić information content (AvgIpc) is 3.10. The zero-order chi connectivity index (χ0) is 16.9. The van der Waals surface area contributed by atoms with Gasteiger partial charge in [0.05, 0.1) is 21.4 Å². The fourth-order valence-corrected chi connectivity index (χ4v) is 3.20. The van der Waals surface area contributed by atoms with E-state index in [1.165, 1.54) is 11.3 Å². The molecule has 0 aliphatic carbocycles. The highest BCUT2D eigenvalue weighted by atomic mass is 35.5. The van der Waals surface area contributed by atoms with Gasteiger partial charge in [-0.1, -0.05) is 59.6 Å². The number of nitriles is 1. The number of halogens is 2. The lowest BCUT2D eigenvalue weighted by Crippen LogP contribution is -1.92. The van der Waals surface area contributed by atoms with Gasteiger partial charge in [0, 0.05) is 17.1 Å². The van der Waals surface area contributed by atoms with Gasteiger partial charge in [-0.2, -0.15) is 5.26 Å². The second kappa shape index (κ2) is 7.50. The lowest BCUT2D eigenvalue weighted by atomic mass is 10.2. The number of benzene rings is 2. The number of anilines is 1. The number of nitrogens with zero attached hydrogens (tertiary/aromatic N) is 2. The van der Waals surface area contributed by atoms with Crippen LogP contribution in [-0.2, 0) is 0 Å². The van der Waals surface area contributed by atoms with Crippen LogP contribution in [0.3, 0.4) is 0 Å². The highest BCUT2D eigenvalue weighted by Gasteiger charge is 2.09. The molecule has 0 saturated carbocycles. The Morgan fingerprint density at radius 3 is 2.67 bits per heavy atom. The summed E-state index contributed by atoms with van der Waals surface area (Å²) >= 11 is 13.5. The highest BCUT2D eigenvalue weighted by Crippen LogP contribution is 2.30. The summed E-state index contributed by atoms with van der Waals surface area (Å²) in [4.78, 5) is 4.53. The number of thiazole rings is 1. The molecule has 6 heteroatoms. The quantitative estimate of drug-likeness (QED) is 0.564. The van der Waals surface area contributed by atoms with E-state index in [-0.39, 0.29) is 0 Å². The van der Waals surface area contributed by atoms with Crippen molar-refractivity contribution >= 4 is 45.8 Å². The molecule has 24 heavy (non-hydrogen) atoms. The van der Waals surface area contributed by atoms with Crippen LogP contribution < -0.4 is 5.32 Å². The Balaban J connectivity index is 1.86. The molecule has 3 aromatic rings. The maximum atomic E-state index is 9.41. The second-order valence-corrected chi connectivity index (χ2v) is 6.46. The zero-order valence-corrected chi connectivity index (χ0v) is 14.7. The zero-order valence-electron chi connectivity index (χ0n) is 12.3. The van der Waals surface area contributed by atoms with Crippen LogP contribution in [0.4, 0.5) is 5.69 Å². The van der Waals surface area contributed by atoms with Gasteiger partial charge >= 0.3 is 0 Å². The van der Waals surface area contributed by atoms with Crippen molar-refractivity contribution in [1.82, 2.24) is 4.98 Å². The maximum Gasteiger partial charge on any atom is 0.136 e. The molecule has 0 amide bonds. The van der Waals surface area contributed by atoms with Gasteiger partial charge in [0.2, 0.25) is 0 Å². The molecule has 0 aliphatic rings. The highest BCUT2D eigenvalue weighted by molar-refractivity contribution is 7.11. The SMILES string of the molecule is N#C/C(=C\Nc1cccc(Cl)c1Cl)c1nc(-c2ccccc2)cs1. The van der Waals surface area contributed by atoms with Crippen LogP contribution in [-0.4, -0.2) is 4.98 Å². The lowest BCUT2D eigenvalue weighted by molar-refractivity contribution is 1.36. The Morgan fingerprint density at radius 2 is 1.92 bits per heavy atom. The molecule has 1 N–H and O–H groups in total. The van der Waals surface area contributed by atoms with E-state index in [2.05, 4.69) is 16.4 Å². The minimum atomic E-state index is 0.414. The number of hydrogen-bond acceptors (Lipinski definition) is 4. The van der Waals surface area contributed by atoms with Crippen molar-refractivity contribution in [3.8, 4) is 17.3 Å². The molecule has 0 radical (unpaired) electrons. The Bertz CT molecular complexity index is 927. The number of allylic oxidation sites excluding steroid dienone is 1. The van der Waals surface area contributed by atoms with Crippen LogP contribution in [0.1, 0.15) is 5.01 Å². The van der Waals surface area contributed by atoms with Crippen LogP contribution in [0.2, 0.25) is 10.0 Å². The van der Waals surface area contributed by atoms with Crippen molar-refractivity contribution in [2.45, 2.75) is 0 Å². The van der Waals surface area contributed by atoms with Crippen LogP contribution >= 0.6 is 34.5 Å². The van der Waals surface area contributed by atoms with E-state index in [1.54, 1.807) is 24.4 Å². The van der Waals surface area contributed by atoms with Crippen LogP contribution in [0.25, 0.3) is 16.8 Å². The van der Waals surface area contributed by atoms with E-state index < -0.39 is 0 Å². The minimum absolute atomic E-state index is 0.414. The summed E-state index contributed by atoms with van der Waals surface area (Å²) < 4.78 is 0. The van der Waals surface area contributed by atoms with Gasteiger partial charge < -0.3 is 5.32 Å². The van der Waals surface area contributed by atoms with E-state index in [9.17, 15) is 5.26 Å².